The van der Waals surface area contributed by atoms with Crippen LogP contribution < -0.4 is 4.74 Å². The second-order valence-corrected chi connectivity index (χ2v) is 8.42. The van der Waals surface area contributed by atoms with Gasteiger partial charge in [0.1, 0.15) is 5.75 Å². The number of thioether (sulfide) groups is 1. The van der Waals surface area contributed by atoms with Crippen LogP contribution in [0.15, 0.2) is 29.4 Å². The lowest BCUT2D eigenvalue weighted by atomic mass is 10.0. The standard InChI is InChI=1S/C22H32N4O2S/c1-4-6-14-26-21(17-10-12-19(28-3)13-11-17)23-24-22(26)29-16-20(27)25-15-8-7-9-18(25)5-2/h10-13,18H,4-9,14-16H2,1-3H3. The van der Waals surface area contributed by atoms with Crippen LogP contribution >= 0.6 is 11.8 Å². The van der Waals surface area contributed by atoms with Gasteiger partial charge in [-0.05, 0) is 56.4 Å². The quantitative estimate of drug-likeness (QED) is 0.558. The molecule has 2 aromatic rings. The van der Waals surface area contributed by atoms with E-state index in [9.17, 15) is 4.79 Å². The number of unbranched alkanes of at least 4 members (excludes halogenated alkanes) is 1. The van der Waals surface area contributed by atoms with Gasteiger partial charge in [-0.25, -0.2) is 0 Å². The van der Waals surface area contributed by atoms with E-state index in [1.54, 1.807) is 7.11 Å². The molecule has 0 aliphatic carbocycles. The number of benzene rings is 1. The molecule has 29 heavy (non-hydrogen) atoms. The number of amides is 1. The summed E-state index contributed by atoms with van der Waals surface area (Å²) in [6.07, 6.45) is 6.64. The van der Waals surface area contributed by atoms with Crippen molar-refractivity contribution in [3.8, 4) is 17.1 Å². The smallest absolute Gasteiger partial charge is 0.233 e. The molecule has 1 aromatic carbocycles. The van der Waals surface area contributed by atoms with Crippen molar-refractivity contribution in [1.82, 2.24) is 19.7 Å². The van der Waals surface area contributed by atoms with Gasteiger partial charge in [0.05, 0.1) is 12.9 Å². The highest BCUT2D eigenvalue weighted by Crippen LogP contribution is 2.27. The van der Waals surface area contributed by atoms with Gasteiger partial charge >= 0.3 is 0 Å². The van der Waals surface area contributed by atoms with Crippen molar-refractivity contribution in [1.29, 1.82) is 0 Å². The topological polar surface area (TPSA) is 60.2 Å². The molecule has 1 amide bonds. The van der Waals surface area contributed by atoms with Crippen LogP contribution in [0.3, 0.4) is 0 Å². The van der Waals surface area contributed by atoms with Gasteiger partial charge in [0.25, 0.3) is 0 Å². The van der Waals surface area contributed by atoms with Gasteiger partial charge in [-0.2, -0.15) is 0 Å². The Morgan fingerprint density at radius 1 is 1.21 bits per heavy atom. The van der Waals surface area contributed by atoms with Crippen LogP contribution in [-0.2, 0) is 11.3 Å². The number of hydrogen-bond donors (Lipinski definition) is 0. The summed E-state index contributed by atoms with van der Waals surface area (Å²) in [4.78, 5) is 14.9. The van der Waals surface area contributed by atoms with Crippen molar-refractivity contribution in [3.63, 3.8) is 0 Å². The molecule has 1 unspecified atom stereocenters. The molecule has 1 fully saturated rings. The van der Waals surface area contributed by atoms with E-state index in [0.717, 1.165) is 67.5 Å². The molecular formula is C22H32N4O2S. The number of nitrogens with zero attached hydrogens (tertiary/aromatic N) is 4. The Balaban J connectivity index is 1.74. The van der Waals surface area contributed by atoms with E-state index in [4.69, 9.17) is 4.74 Å². The van der Waals surface area contributed by atoms with Crippen molar-refractivity contribution < 1.29 is 9.53 Å². The van der Waals surface area contributed by atoms with Crippen molar-refractivity contribution in [3.05, 3.63) is 24.3 Å². The van der Waals surface area contributed by atoms with Gasteiger partial charge in [-0.3, -0.25) is 4.79 Å². The van der Waals surface area contributed by atoms with E-state index in [1.165, 1.54) is 18.2 Å². The minimum atomic E-state index is 0.220. The predicted molar refractivity (Wildman–Crippen MR) is 117 cm³/mol. The number of hydrogen-bond acceptors (Lipinski definition) is 5. The highest BCUT2D eigenvalue weighted by Gasteiger charge is 2.26. The molecule has 0 spiro atoms. The summed E-state index contributed by atoms with van der Waals surface area (Å²) in [5.74, 6) is 2.31. The molecule has 1 saturated heterocycles. The van der Waals surface area contributed by atoms with Gasteiger partial charge < -0.3 is 14.2 Å². The van der Waals surface area contributed by atoms with Crippen LogP contribution in [-0.4, -0.2) is 51.0 Å². The van der Waals surface area contributed by atoms with Gasteiger partial charge in [0, 0.05) is 24.7 Å². The molecule has 0 saturated carbocycles. The number of carbonyl (C=O) groups excluding carboxylic acids is 1. The number of carbonyl (C=O) groups is 1. The highest BCUT2D eigenvalue weighted by atomic mass is 32.2. The SMILES string of the molecule is CCCCn1c(SCC(=O)N2CCCCC2CC)nnc1-c1ccc(OC)cc1. The van der Waals surface area contributed by atoms with Crippen LogP contribution in [0.4, 0.5) is 0 Å². The fourth-order valence-electron chi connectivity index (χ4n) is 3.83. The van der Waals surface area contributed by atoms with E-state index >= 15 is 0 Å². The first-order valence-electron chi connectivity index (χ1n) is 10.7. The first kappa shape index (κ1) is 21.7. The van der Waals surface area contributed by atoms with Gasteiger partial charge in [-0.1, -0.05) is 32.0 Å². The Morgan fingerprint density at radius 2 is 2.00 bits per heavy atom. The molecule has 1 aliphatic rings. The highest BCUT2D eigenvalue weighted by molar-refractivity contribution is 7.99. The Kier molecular flexibility index (Phi) is 7.98. The third-order valence-corrected chi connectivity index (χ3v) is 6.50. The Bertz CT molecular complexity index is 791. The van der Waals surface area contributed by atoms with Crippen molar-refractivity contribution in [2.24, 2.45) is 0 Å². The maximum absolute atomic E-state index is 12.8. The minimum Gasteiger partial charge on any atom is -0.497 e. The zero-order valence-electron chi connectivity index (χ0n) is 17.8. The summed E-state index contributed by atoms with van der Waals surface area (Å²) in [5, 5.41) is 9.68. The summed E-state index contributed by atoms with van der Waals surface area (Å²) in [7, 11) is 1.66. The first-order chi connectivity index (χ1) is 14.2. The average molecular weight is 417 g/mol. The molecule has 0 N–H and O–H groups in total. The second-order valence-electron chi connectivity index (χ2n) is 7.47. The molecule has 2 heterocycles. The van der Waals surface area contributed by atoms with Crippen LogP contribution in [0, 0.1) is 0 Å². The lowest BCUT2D eigenvalue weighted by Crippen LogP contribution is -2.44. The predicted octanol–water partition coefficient (Wildman–Crippen LogP) is 4.64. The van der Waals surface area contributed by atoms with Gasteiger partial charge in [0.2, 0.25) is 5.91 Å². The number of rotatable bonds is 9. The van der Waals surface area contributed by atoms with Crippen LogP contribution in [0.25, 0.3) is 11.4 Å². The van der Waals surface area contributed by atoms with Crippen molar-refractivity contribution in [2.45, 2.75) is 70.1 Å². The molecule has 1 atom stereocenters. The number of methoxy groups -OCH3 is 1. The lowest BCUT2D eigenvalue weighted by Gasteiger charge is -2.35. The molecule has 0 bridgehead atoms. The minimum absolute atomic E-state index is 0.220. The van der Waals surface area contributed by atoms with Crippen LogP contribution in [0.5, 0.6) is 5.75 Å². The Labute approximate surface area is 178 Å². The molecule has 6 nitrogen and oxygen atoms in total. The summed E-state index contributed by atoms with van der Waals surface area (Å²) in [6.45, 7) is 6.08. The summed E-state index contributed by atoms with van der Waals surface area (Å²) >= 11 is 1.51. The molecule has 1 aromatic heterocycles. The normalized spacial score (nSPS) is 16.8. The van der Waals surface area contributed by atoms with Crippen molar-refractivity contribution in [2.75, 3.05) is 19.4 Å². The summed E-state index contributed by atoms with van der Waals surface area (Å²) in [5.41, 5.74) is 1.01. The molecule has 0 radical (unpaired) electrons. The zero-order valence-corrected chi connectivity index (χ0v) is 18.6. The largest absolute Gasteiger partial charge is 0.497 e. The molecule has 1 aliphatic heterocycles. The molecule has 3 rings (SSSR count). The lowest BCUT2D eigenvalue weighted by molar-refractivity contribution is -0.132. The number of aromatic nitrogens is 3. The molecule has 158 valence electrons. The number of piperidine rings is 1. The second kappa shape index (κ2) is 10.7. The van der Waals surface area contributed by atoms with E-state index in [-0.39, 0.29) is 5.91 Å². The average Bonchev–Trinajstić information content (AvgIpc) is 3.18. The zero-order chi connectivity index (χ0) is 20.6. The monoisotopic (exact) mass is 416 g/mol. The first-order valence-corrected chi connectivity index (χ1v) is 11.7. The molecular weight excluding hydrogens is 384 g/mol. The van der Waals surface area contributed by atoms with Crippen LogP contribution in [0.1, 0.15) is 52.4 Å². The van der Waals surface area contributed by atoms with Gasteiger partial charge in [0.15, 0.2) is 11.0 Å². The van der Waals surface area contributed by atoms with Crippen LogP contribution in [0.2, 0.25) is 0 Å². The fraction of sp³-hybridized carbons (Fsp3) is 0.591. The van der Waals surface area contributed by atoms with E-state index in [2.05, 4.69) is 33.5 Å². The number of ether oxygens (including phenoxy) is 1. The van der Waals surface area contributed by atoms with Crippen molar-refractivity contribution >= 4 is 17.7 Å². The maximum atomic E-state index is 12.8. The van der Waals surface area contributed by atoms with E-state index in [1.807, 2.05) is 24.3 Å². The fourth-order valence-corrected chi connectivity index (χ4v) is 4.68. The maximum Gasteiger partial charge on any atom is 0.233 e. The Morgan fingerprint density at radius 3 is 2.69 bits per heavy atom. The van der Waals surface area contributed by atoms with Gasteiger partial charge in [-0.15, -0.1) is 10.2 Å². The summed E-state index contributed by atoms with van der Waals surface area (Å²) < 4.78 is 7.41. The van der Waals surface area contributed by atoms with E-state index < -0.39 is 0 Å². The third kappa shape index (κ3) is 5.32. The Hall–Kier alpha value is -2.02. The molecule has 7 heteroatoms. The summed E-state index contributed by atoms with van der Waals surface area (Å²) in [6, 6.07) is 8.27. The number of likely N-dealkylation sites (tertiary alicyclic amines) is 1. The van der Waals surface area contributed by atoms with E-state index in [0.29, 0.717) is 11.8 Å². The third-order valence-electron chi connectivity index (χ3n) is 5.54.